The number of benzene rings is 4. The van der Waals surface area contributed by atoms with Crippen LogP contribution < -0.4 is 0 Å². The van der Waals surface area contributed by atoms with Crippen LogP contribution >= 0.6 is 0 Å². The van der Waals surface area contributed by atoms with Crippen LogP contribution in [0.15, 0.2) is 152 Å². The van der Waals surface area contributed by atoms with Crippen molar-refractivity contribution in [3.63, 3.8) is 0 Å². The summed E-state index contributed by atoms with van der Waals surface area (Å²) < 4.78 is 4.75. The fourth-order valence-corrected chi connectivity index (χ4v) is 6.55. The summed E-state index contributed by atoms with van der Waals surface area (Å²) >= 11 is 0. The first-order chi connectivity index (χ1) is 21.8. The van der Waals surface area contributed by atoms with E-state index in [1.54, 1.807) is 0 Å². The average Bonchev–Trinajstić information content (AvgIpc) is 3.62. The molecule has 0 radical (unpaired) electrons. The predicted octanol–water partition coefficient (Wildman–Crippen LogP) is 9.40. The van der Waals surface area contributed by atoms with E-state index >= 15 is 0 Å². The first kappa shape index (κ1) is 24.5. The molecular formula is C39H25N5. The Morgan fingerprint density at radius 2 is 0.977 bits per heavy atom. The predicted molar refractivity (Wildman–Crippen MR) is 179 cm³/mol. The molecule has 0 amide bonds. The van der Waals surface area contributed by atoms with Gasteiger partial charge in [0.05, 0.1) is 39.0 Å². The van der Waals surface area contributed by atoms with Gasteiger partial charge in [-0.15, -0.1) is 0 Å². The monoisotopic (exact) mass is 563 g/mol. The molecule has 206 valence electrons. The number of rotatable bonds is 4. The fourth-order valence-electron chi connectivity index (χ4n) is 6.55. The number of hydrogen-bond acceptors (Lipinski definition) is 3. The highest BCUT2D eigenvalue weighted by Crippen LogP contribution is 2.41. The summed E-state index contributed by atoms with van der Waals surface area (Å²) in [4.78, 5) is 14.6. The molecule has 0 aliphatic heterocycles. The van der Waals surface area contributed by atoms with Crippen molar-refractivity contribution in [1.29, 1.82) is 0 Å². The van der Waals surface area contributed by atoms with Crippen LogP contribution in [0.4, 0.5) is 0 Å². The van der Waals surface area contributed by atoms with Crippen LogP contribution in [0, 0.1) is 0 Å². The Kier molecular flexibility index (Phi) is 5.43. The molecule has 0 unspecified atom stereocenters. The first-order valence-electron chi connectivity index (χ1n) is 14.7. The zero-order valence-corrected chi connectivity index (χ0v) is 23.7. The van der Waals surface area contributed by atoms with E-state index in [1.807, 2.05) is 42.9 Å². The van der Waals surface area contributed by atoms with Gasteiger partial charge in [0.2, 0.25) is 0 Å². The zero-order valence-electron chi connectivity index (χ0n) is 23.7. The molecule has 5 aromatic heterocycles. The number of para-hydroxylation sites is 3. The van der Waals surface area contributed by atoms with Crippen molar-refractivity contribution >= 4 is 43.7 Å². The number of hydrogen-bond donors (Lipinski definition) is 0. The molecule has 0 aliphatic rings. The van der Waals surface area contributed by atoms with Crippen LogP contribution in [0.5, 0.6) is 0 Å². The average molecular weight is 564 g/mol. The molecule has 0 bridgehead atoms. The smallest absolute Gasteiger partial charge is 0.0985 e. The van der Waals surface area contributed by atoms with Crippen LogP contribution in [0.25, 0.3) is 77.6 Å². The van der Waals surface area contributed by atoms with E-state index in [9.17, 15) is 0 Å². The van der Waals surface area contributed by atoms with E-state index in [1.165, 1.54) is 5.39 Å². The van der Waals surface area contributed by atoms with Crippen molar-refractivity contribution in [2.24, 2.45) is 0 Å². The van der Waals surface area contributed by atoms with Crippen LogP contribution in [-0.2, 0) is 0 Å². The van der Waals surface area contributed by atoms with Crippen molar-refractivity contribution in [3.8, 4) is 33.9 Å². The van der Waals surface area contributed by atoms with Crippen molar-refractivity contribution < 1.29 is 0 Å². The number of aromatic nitrogens is 5. The largest absolute Gasteiger partial charge is 0.307 e. The maximum Gasteiger partial charge on any atom is 0.0985 e. The molecule has 0 spiro atoms. The summed E-state index contributed by atoms with van der Waals surface area (Å²) in [6, 6.07) is 46.5. The maximum absolute atomic E-state index is 5.14. The Labute approximate surface area is 253 Å². The molecule has 5 heterocycles. The third-order valence-electron chi connectivity index (χ3n) is 8.42. The molecule has 0 saturated heterocycles. The minimum absolute atomic E-state index is 0.911. The van der Waals surface area contributed by atoms with E-state index in [2.05, 4.69) is 118 Å². The van der Waals surface area contributed by atoms with Gasteiger partial charge in [-0.2, -0.15) is 0 Å². The fraction of sp³-hybridized carbons (Fsp3) is 0. The molecule has 0 aliphatic carbocycles. The molecule has 9 aromatic rings. The van der Waals surface area contributed by atoms with Crippen molar-refractivity contribution in [2.45, 2.75) is 0 Å². The highest BCUT2D eigenvalue weighted by Gasteiger charge is 2.22. The summed E-state index contributed by atoms with van der Waals surface area (Å²) in [5.41, 5.74) is 11.4. The SMILES string of the molecule is c1ccc(-n2c3ccccc3c3cnc4c5ccccc5n(-c5cc(-c6ccccn6)cc(-c6ccccn6)c5)c4c32)cc1. The molecule has 5 heteroatoms. The van der Waals surface area contributed by atoms with E-state index < -0.39 is 0 Å². The van der Waals surface area contributed by atoms with Gasteiger partial charge in [-0.1, -0.05) is 66.7 Å². The molecule has 9 rings (SSSR count). The van der Waals surface area contributed by atoms with Gasteiger partial charge in [0.15, 0.2) is 0 Å². The van der Waals surface area contributed by atoms with Crippen LogP contribution in [-0.4, -0.2) is 24.1 Å². The molecular weight excluding hydrogens is 538 g/mol. The summed E-state index contributed by atoms with van der Waals surface area (Å²) in [5.74, 6) is 0. The normalized spacial score (nSPS) is 11.6. The molecule has 4 aromatic carbocycles. The molecule has 0 saturated carbocycles. The topological polar surface area (TPSA) is 48.5 Å². The standard InChI is InChI=1S/C39H25N5/c1-2-12-28(13-3-1)43-35-18-6-4-14-30(35)32-25-42-37-31-15-5-7-19-36(31)44(39(37)38(32)43)29-23-26(33-16-8-10-20-40-33)22-27(24-29)34-17-9-11-21-41-34/h1-25H. The Bertz CT molecular complexity index is 2420. The highest BCUT2D eigenvalue weighted by molar-refractivity contribution is 6.22. The zero-order chi connectivity index (χ0) is 29.0. The van der Waals surface area contributed by atoms with Crippen molar-refractivity contribution in [3.05, 3.63) is 152 Å². The summed E-state index contributed by atoms with van der Waals surface area (Å²) in [5, 5.41) is 3.40. The van der Waals surface area contributed by atoms with Gasteiger partial charge < -0.3 is 9.13 Å². The summed E-state index contributed by atoms with van der Waals surface area (Å²) in [6.07, 6.45) is 5.73. The summed E-state index contributed by atoms with van der Waals surface area (Å²) in [7, 11) is 0. The third-order valence-corrected chi connectivity index (χ3v) is 8.42. The molecule has 44 heavy (non-hydrogen) atoms. The lowest BCUT2D eigenvalue weighted by molar-refractivity contribution is 1.14. The van der Waals surface area contributed by atoms with Crippen molar-refractivity contribution in [2.75, 3.05) is 0 Å². The first-order valence-corrected chi connectivity index (χ1v) is 14.7. The van der Waals surface area contributed by atoms with E-state index in [0.29, 0.717) is 0 Å². The maximum atomic E-state index is 5.14. The van der Waals surface area contributed by atoms with Crippen LogP contribution in [0.2, 0.25) is 0 Å². The van der Waals surface area contributed by atoms with Gasteiger partial charge in [-0.25, -0.2) is 0 Å². The van der Waals surface area contributed by atoms with Gasteiger partial charge in [0.1, 0.15) is 0 Å². The number of pyridine rings is 3. The van der Waals surface area contributed by atoms with Gasteiger partial charge >= 0.3 is 0 Å². The minimum Gasteiger partial charge on any atom is -0.307 e. The number of fused-ring (bicyclic) bond motifs is 7. The number of nitrogens with zero attached hydrogens (tertiary/aromatic N) is 5. The van der Waals surface area contributed by atoms with E-state index in [0.717, 1.165) is 72.2 Å². The van der Waals surface area contributed by atoms with Gasteiger partial charge in [0.25, 0.3) is 0 Å². The molecule has 0 N–H and O–H groups in total. The lowest BCUT2D eigenvalue weighted by Crippen LogP contribution is -2.00. The second kappa shape index (κ2) is 9.75. The van der Waals surface area contributed by atoms with E-state index in [-0.39, 0.29) is 0 Å². The Balaban J connectivity index is 1.48. The van der Waals surface area contributed by atoms with Crippen molar-refractivity contribution in [1.82, 2.24) is 24.1 Å². The quantitative estimate of drug-likeness (QED) is 0.214. The Morgan fingerprint density at radius 1 is 0.409 bits per heavy atom. The van der Waals surface area contributed by atoms with Gasteiger partial charge in [-0.3, -0.25) is 15.0 Å². The summed E-state index contributed by atoms with van der Waals surface area (Å²) in [6.45, 7) is 0. The van der Waals surface area contributed by atoms with Crippen LogP contribution in [0.1, 0.15) is 0 Å². The Morgan fingerprint density at radius 3 is 1.64 bits per heavy atom. The van der Waals surface area contributed by atoms with Gasteiger partial charge in [0, 0.05) is 57.3 Å². The lowest BCUT2D eigenvalue weighted by atomic mass is 10.0. The lowest BCUT2D eigenvalue weighted by Gasteiger charge is -2.15. The minimum atomic E-state index is 0.911. The third kappa shape index (κ3) is 3.69. The molecule has 0 atom stereocenters. The second-order valence-electron chi connectivity index (χ2n) is 11.0. The molecule has 5 nitrogen and oxygen atoms in total. The molecule has 0 fully saturated rings. The van der Waals surface area contributed by atoms with Gasteiger partial charge in [-0.05, 0) is 66.7 Å². The highest BCUT2D eigenvalue weighted by atomic mass is 15.1. The van der Waals surface area contributed by atoms with E-state index in [4.69, 9.17) is 15.0 Å². The second-order valence-corrected chi connectivity index (χ2v) is 11.0. The van der Waals surface area contributed by atoms with Crippen LogP contribution in [0.3, 0.4) is 0 Å². The Hall–Kier alpha value is -6.07.